The van der Waals surface area contributed by atoms with Crippen LogP contribution in [0.3, 0.4) is 0 Å². The molecule has 0 atom stereocenters. The van der Waals surface area contributed by atoms with Crippen LogP contribution in [0.1, 0.15) is 11.1 Å². The van der Waals surface area contributed by atoms with E-state index >= 15 is 0 Å². The third-order valence-corrected chi connectivity index (χ3v) is 3.04. The molecule has 22 heavy (non-hydrogen) atoms. The van der Waals surface area contributed by atoms with Crippen molar-refractivity contribution in [3.8, 4) is 0 Å². The van der Waals surface area contributed by atoms with Crippen molar-refractivity contribution in [1.82, 2.24) is 5.43 Å². The number of benzene rings is 2. The fourth-order valence-electron chi connectivity index (χ4n) is 1.69. The van der Waals surface area contributed by atoms with E-state index in [1.54, 1.807) is 36.4 Å². The first-order chi connectivity index (χ1) is 10.5. The monoisotopic (exact) mass is 317 g/mol. The summed E-state index contributed by atoms with van der Waals surface area (Å²) in [6, 6.07) is 12.8. The molecule has 0 radical (unpaired) electrons. The fourth-order valence-corrected chi connectivity index (χ4v) is 1.81. The lowest BCUT2D eigenvalue weighted by atomic mass is 10.1. The number of nitro benzene ring substituents is 1. The smallest absolute Gasteiger partial charge is 0.269 e. The number of rotatable bonds is 5. The van der Waals surface area contributed by atoms with Gasteiger partial charge in [0.2, 0.25) is 5.91 Å². The maximum absolute atomic E-state index is 11.7. The number of nitrogens with one attached hydrogen (secondary N) is 1. The van der Waals surface area contributed by atoms with Crippen molar-refractivity contribution in [3.63, 3.8) is 0 Å². The number of hydrogen-bond acceptors (Lipinski definition) is 4. The van der Waals surface area contributed by atoms with Gasteiger partial charge in [-0.15, -0.1) is 0 Å². The summed E-state index contributed by atoms with van der Waals surface area (Å²) in [5.74, 6) is -0.263. The second-order valence-electron chi connectivity index (χ2n) is 4.45. The first kappa shape index (κ1) is 15.7. The summed E-state index contributed by atoms with van der Waals surface area (Å²) >= 11 is 5.76. The van der Waals surface area contributed by atoms with Crippen LogP contribution in [0.5, 0.6) is 0 Å². The van der Waals surface area contributed by atoms with Crippen LogP contribution >= 0.6 is 11.6 Å². The number of carbonyl (C=O) groups excluding carboxylic acids is 1. The zero-order chi connectivity index (χ0) is 15.9. The molecule has 0 saturated carbocycles. The molecule has 1 N–H and O–H groups in total. The Morgan fingerprint density at radius 3 is 2.41 bits per heavy atom. The third kappa shape index (κ3) is 4.68. The maximum atomic E-state index is 11.7. The Balaban J connectivity index is 1.87. The molecule has 7 heteroatoms. The molecule has 0 aliphatic carbocycles. The van der Waals surface area contributed by atoms with Gasteiger partial charge in [0, 0.05) is 17.2 Å². The molecule has 0 aliphatic heterocycles. The zero-order valence-electron chi connectivity index (χ0n) is 11.4. The summed E-state index contributed by atoms with van der Waals surface area (Å²) in [5.41, 5.74) is 3.88. The Bertz CT molecular complexity index is 697. The molecule has 0 saturated heterocycles. The molecule has 0 aromatic heterocycles. The van der Waals surface area contributed by atoms with Gasteiger partial charge >= 0.3 is 0 Å². The minimum atomic E-state index is -0.477. The Labute approximate surface area is 131 Å². The predicted octanol–water partition coefficient (Wildman–Crippen LogP) is 2.94. The van der Waals surface area contributed by atoms with E-state index in [0.717, 1.165) is 5.56 Å². The summed E-state index contributed by atoms with van der Waals surface area (Å²) in [7, 11) is 0. The minimum absolute atomic E-state index is 0.00363. The Hall–Kier alpha value is -2.73. The average molecular weight is 318 g/mol. The summed E-state index contributed by atoms with van der Waals surface area (Å²) in [6.07, 6.45) is 1.61. The second kappa shape index (κ2) is 7.33. The van der Waals surface area contributed by atoms with Crippen LogP contribution in [0.15, 0.2) is 53.6 Å². The molecule has 0 fully saturated rings. The third-order valence-electron chi connectivity index (χ3n) is 2.78. The van der Waals surface area contributed by atoms with E-state index in [4.69, 9.17) is 11.6 Å². The normalized spacial score (nSPS) is 10.6. The SMILES string of the molecule is O=C(Cc1ccc(Cl)cc1)NN=Cc1ccc([N+](=O)[O-])cc1. The van der Waals surface area contributed by atoms with Crippen LogP contribution in [0.4, 0.5) is 5.69 Å². The largest absolute Gasteiger partial charge is 0.273 e. The second-order valence-corrected chi connectivity index (χ2v) is 4.88. The van der Waals surface area contributed by atoms with Crippen LogP contribution in [-0.4, -0.2) is 17.0 Å². The number of amides is 1. The Kier molecular flexibility index (Phi) is 5.21. The molecular formula is C15H12ClN3O3. The number of carbonyl (C=O) groups is 1. The lowest BCUT2D eigenvalue weighted by molar-refractivity contribution is -0.384. The van der Waals surface area contributed by atoms with Crippen molar-refractivity contribution in [2.45, 2.75) is 6.42 Å². The molecule has 0 bridgehead atoms. The molecule has 0 heterocycles. The van der Waals surface area contributed by atoms with Gasteiger partial charge in [-0.1, -0.05) is 23.7 Å². The van der Waals surface area contributed by atoms with Crippen LogP contribution < -0.4 is 5.43 Å². The van der Waals surface area contributed by atoms with Gasteiger partial charge in [-0.25, -0.2) is 5.43 Å². The van der Waals surface area contributed by atoms with E-state index in [-0.39, 0.29) is 18.0 Å². The van der Waals surface area contributed by atoms with Crippen LogP contribution in [0.2, 0.25) is 5.02 Å². The molecule has 0 spiro atoms. The highest BCUT2D eigenvalue weighted by atomic mass is 35.5. The van der Waals surface area contributed by atoms with Gasteiger partial charge in [0.25, 0.3) is 5.69 Å². The predicted molar refractivity (Wildman–Crippen MR) is 84.0 cm³/mol. The van der Waals surface area contributed by atoms with Gasteiger partial charge in [0.15, 0.2) is 0 Å². The van der Waals surface area contributed by atoms with Crippen LogP contribution in [-0.2, 0) is 11.2 Å². The molecule has 1 amide bonds. The molecule has 6 nitrogen and oxygen atoms in total. The number of non-ortho nitro benzene ring substituents is 1. The van der Waals surface area contributed by atoms with E-state index in [2.05, 4.69) is 10.5 Å². The summed E-state index contributed by atoms with van der Waals surface area (Å²) in [5, 5.41) is 14.9. The fraction of sp³-hybridized carbons (Fsp3) is 0.0667. The molecule has 0 aliphatic rings. The van der Waals surface area contributed by atoms with Crippen molar-refractivity contribution < 1.29 is 9.72 Å². The van der Waals surface area contributed by atoms with Crippen molar-refractivity contribution in [1.29, 1.82) is 0 Å². The van der Waals surface area contributed by atoms with Crippen molar-refractivity contribution in [2.75, 3.05) is 0 Å². The highest BCUT2D eigenvalue weighted by Crippen LogP contribution is 2.11. The van der Waals surface area contributed by atoms with Gasteiger partial charge in [-0.2, -0.15) is 5.10 Å². The van der Waals surface area contributed by atoms with E-state index < -0.39 is 4.92 Å². The highest BCUT2D eigenvalue weighted by molar-refractivity contribution is 6.30. The van der Waals surface area contributed by atoms with Crippen molar-refractivity contribution in [2.24, 2.45) is 5.10 Å². The number of halogens is 1. The molecule has 112 valence electrons. The van der Waals surface area contributed by atoms with Crippen molar-refractivity contribution in [3.05, 3.63) is 74.8 Å². The van der Waals surface area contributed by atoms with E-state index in [1.807, 2.05) is 0 Å². The number of hydrazone groups is 1. The molecule has 0 unspecified atom stereocenters. The van der Waals surface area contributed by atoms with Gasteiger partial charge in [0.05, 0.1) is 17.6 Å². The topological polar surface area (TPSA) is 84.6 Å². The minimum Gasteiger partial charge on any atom is -0.273 e. The van der Waals surface area contributed by atoms with E-state index in [0.29, 0.717) is 10.6 Å². The lowest BCUT2D eigenvalue weighted by Crippen LogP contribution is -2.19. The Morgan fingerprint density at radius 2 is 1.82 bits per heavy atom. The molecule has 2 rings (SSSR count). The van der Waals surface area contributed by atoms with Gasteiger partial charge < -0.3 is 0 Å². The molecular weight excluding hydrogens is 306 g/mol. The number of hydrogen-bond donors (Lipinski definition) is 1. The number of nitrogens with zero attached hydrogens (tertiary/aromatic N) is 2. The average Bonchev–Trinajstić information content (AvgIpc) is 2.50. The quantitative estimate of drug-likeness (QED) is 0.522. The van der Waals surface area contributed by atoms with Gasteiger partial charge in [0.1, 0.15) is 0 Å². The van der Waals surface area contributed by atoms with Gasteiger partial charge in [-0.3, -0.25) is 14.9 Å². The molecule has 2 aromatic rings. The summed E-state index contributed by atoms with van der Waals surface area (Å²) < 4.78 is 0. The Morgan fingerprint density at radius 1 is 1.18 bits per heavy atom. The zero-order valence-corrected chi connectivity index (χ0v) is 12.2. The highest BCUT2D eigenvalue weighted by Gasteiger charge is 2.03. The van der Waals surface area contributed by atoms with Gasteiger partial charge in [-0.05, 0) is 35.4 Å². The van der Waals surface area contributed by atoms with E-state index in [9.17, 15) is 14.9 Å². The lowest BCUT2D eigenvalue weighted by Gasteiger charge is -2.00. The number of nitro groups is 1. The standard InChI is InChI=1S/C15H12ClN3O3/c16-13-5-1-11(2-6-13)9-15(20)18-17-10-12-3-7-14(8-4-12)19(21)22/h1-8,10H,9H2,(H,18,20). The first-order valence-electron chi connectivity index (χ1n) is 6.35. The first-order valence-corrected chi connectivity index (χ1v) is 6.73. The maximum Gasteiger partial charge on any atom is 0.269 e. The van der Waals surface area contributed by atoms with Crippen LogP contribution in [0.25, 0.3) is 0 Å². The van der Waals surface area contributed by atoms with E-state index in [1.165, 1.54) is 18.3 Å². The van der Waals surface area contributed by atoms with Crippen molar-refractivity contribution >= 4 is 29.4 Å². The molecule has 2 aromatic carbocycles. The summed E-state index contributed by atoms with van der Waals surface area (Å²) in [6.45, 7) is 0. The van der Waals surface area contributed by atoms with Crippen LogP contribution in [0, 0.1) is 10.1 Å². The summed E-state index contributed by atoms with van der Waals surface area (Å²) in [4.78, 5) is 21.7.